The number of rotatable bonds is 4. The summed E-state index contributed by atoms with van der Waals surface area (Å²) in [6.07, 6.45) is 3.54. The van der Waals surface area contributed by atoms with Gasteiger partial charge in [0.2, 0.25) is 5.91 Å². The largest absolute Gasteiger partial charge is 0.458 e. The zero-order valence-electron chi connectivity index (χ0n) is 12.0. The van der Waals surface area contributed by atoms with Gasteiger partial charge in [0.05, 0.1) is 12.5 Å². The normalized spacial score (nSPS) is 16.3. The van der Waals surface area contributed by atoms with Crippen molar-refractivity contribution in [1.82, 2.24) is 4.90 Å². The molecule has 0 bridgehead atoms. The van der Waals surface area contributed by atoms with E-state index in [1.807, 2.05) is 30.3 Å². The highest BCUT2D eigenvalue weighted by Gasteiger charge is 2.28. The minimum absolute atomic E-state index is 0.0220. The first-order valence-electron chi connectivity index (χ1n) is 6.70. The van der Waals surface area contributed by atoms with Crippen LogP contribution in [0.5, 0.6) is 0 Å². The van der Waals surface area contributed by atoms with E-state index in [0.717, 1.165) is 11.1 Å². The van der Waals surface area contributed by atoms with Crippen LogP contribution in [-0.2, 0) is 19.1 Å². The number of hydrogen-bond donors (Lipinski definition) is 0. The fraction of sp³-hybridized carbons (Fsp3) is 0.312. The van der Waals surface area contributed by atoms with Gasteiger partial charge in [-0.2, -0.15) is 0 Å². The molecule has 0 N–H and O–H groups in total. The van der Waals surface area contributed by atoms with Crippen LogP contribution in [0.3, 0.4) is 0 Å². The van der Waals surface area contributed by atoms with Crippen molar-refractivity contribution in [2.24, 2.45) is 0 Å². The van der Waals surface area contributed by atoms with Crippen molar-refractivity contribution < 1.29 is 19.1 Å². The number of ether oxygens (including phenoxy) is 1. The van der Waals surface area contributed by atoms with Crippen LogP contribution in [-0.4, -0.2) is 29.2 Å². The number of carbonyl (C=O) groups excluding carboxylic acids is 3. The van der Waals surface area contributed by atoms with E-state index in [1.54, 1.807) is 6.20 Å². The third-order valence-corrected chi connectivity index (χ3v) is 3.27. The Labute approximate surface area is 123 Å². The standard InChI is InChI=1S/C16H17NO4/c1-11(18)10-21-16(20)9-15-14-6-4-3-5-13(14)7-8-17(15)12(2)19/h3-8,15H,9-10H2,1-2H3. The maximum Gasteiger partial charge on any atom is 0.308 e. The van der Waals surface area contributed by atoms with Gasteiger partial charge in [-0.15, -0.1) is 0 Å². The van der Waals surface area contributed by atoms with E-state index in [0.29, 0.717) is 0 Å². The molecule has 1 aliphatic heterocycles. The van der Waals surface area contributed by atoms with Gasteiger partial charge in [0, 0.05) is 13.1 Å². The predicted octanol–water partition coefficient (Wildman–Crippen LogP) is 2.08. The molecule has 1 aromatic rings. The van der Waals surface area contributed by atoms with Crippen molar-refractivity contribution in [3.63, 3.8) is 0 Å². The second-order valence-corrected chi connectivity index (χ2v) is 4.95. The molecule has 5 nitrogen and oxygen atoms in total. The van der Waals surface area contributed by atoms with E-state index in [9.17, 15) is 14.4 Å². The van der Waals surface area contributed by atoms with Gasteiger partial charge in [0.15, 0.2) is 5.78 Å². The topological polar surface area (TPSA) is 63.7 Å². The maximum atomic E-state index is 11.9. The average molecular weight is 287 g/mol. The molecule has 1 aliphatic rings. The second kappa shape index (κ2) is 6.35. The Balaban J connectivity index is 2.20. The summed E-state index contributed by atoms with van der Waals surface area (Å²) in [5.41, 5.74) is 1.87. The molecule has 0 spiro atoms. The van der Waals surface area contributed by atoms with Crippen molar-refractivity contribution in [2.45, 2.75) is 26.3 Å². The monoisotopic (exact) mass is 287 g/mol. The predicted molar refractivity (Wildman–Crippen MR) is 77.0 cm³/mol. The lowest BCUT2D eigenvalue weighted by Gasteiger charge is -2.32. The summed E-state index contributed by atoms with van der Waals surface area (Å²) >= 11 is 0. The molecule has 0 aromatic heterocycles. The number of esters is 1. The number of fused-ring (bicyclic) bond motifs is 1. The Morgan fingerprint density at radius 3 is 2.57 bits per heavy atom. The molecule has 1 heterocycles. The second-order valence-electron chi connectivity index (χ2n) is 4.95. The van der Waals surface area contributed by atoms with Gasteiger partial charge in [0.1, 0.15) is 6.61 Å². The average Bonchev–Trinajstić information content (AvgIpc) is 2.45. The van der Waals surface area contributed by atoms with Crippen molar-refractivity contribution in [3.05, 3.63) is 41.6 Å². The molecule has 1 atom stereocenters. The van der Waals surface area contributed by atoms with Crippen LogP contribution in [0.25, 0.3) is 6.08 Å². The summed E-state index contributed by atoms with van der Waals surface area (Å²) in [7, 11) is 0. The molecule has 0 saturated carbocycles. The molecule has 0 fully saturated rings. The van der Waals surface area contributed by atoms with E-state index in [4.69, 9.17) is 4.74 Å². The van der Waals surface area contributed by atoms with Crippen molar-refractivity contribution in [3.8, 4) is 0 Å². The number of carbonyl (C=O) groups is 3. The van der Waals surface area contributed by atoms with E-state index in [-0.39, 0.29) is 24.7 Å². The first-order valence-corrected chi connectivity index (χ1v) is 6.70. The van der Waals surface area contributed by atoms with E-state index in [1.165, 1.54) is 18.7 Å². The highest BCUT2D eigenvalue weighted by molar-refractivity contribution is 5.82. The molecule has 1 unspecified atom stereocenters. The number of ketones is 1. The number of benzene rings is 1. The minimum Gasteiger partial charge on any atom is -0.458 e. The summed E-state index contributed by atoms with van der Waals surface area (Å²) in [6, 6.07) is 7.18. The summed E-state index contributed by atoms with van der Waals surface area (Å²) in [6.45, 7) is 2.57. The van der Waals surface area contributed by atoms with Gasteiger partial charge in [-0.05, 0) is 24.1 Å². The molecule has 0 radical (unpaired) electrons. The van der Waals surface area contributed by atoms with E-state index in [2.05, 4.69) is 0 Å². The van der Waals surface area contributed by atoms with Crippen LogP contribution in [0, 0.1) is 0 Å². The summed E-state index contributed by atoms with van der Waals surface area (Å²) in [5, 5.41) is 0. The summed E-state index contributed by atoms with van der Waals surface area (Å²) in [4.78, 5) is 36.0. The molecule has 110 valence electrons. The van der Waals surface area contributed by atoms with Crippen molar-refractivity contribution in [2.75, 3.05) is 6.61 Å². The lowest BCUT2D eigenvalue weighted by molar-refractivity contribution is -0.149. The van der Waals surface area contributed by atoms with Crippen molar-refractivity contribution in [1.29, 1.82) is 0 Å². The Kier molecular flexibility index (Phi) is 4.52. The molecule has 2 rings (SSSR count). The smallest absolute Gasteiger partial charge is 0.308 e. The van der Waals surface area contributed by atoms with Gasteiger partial charge >= 0.3 is 5.97 Å². The first kappa shape index (κ1) is 15.0. The fourth-order valence-corrected chi connectivity index (χ4v) is 2.31. The van der Waals surface area contributed by atoms with Crippen LogP contribution >= 0.6 is 0 Å². The first-order chi connectivity index (χ1) is 9.99. The number of Topliss-reactive ketones (excluding diaryl/α,β-unsaturated/α-hetero) is 1. The number of nitrogens with zero attached hydrogens (tertiary/aromatic N) is 1. The van der Waals surface area contributed by atoms with Gasteiger partial charge in [-0.1, -0.05) is 24.3 Å². The molecule has 5 heteroatoms. The Hall–Kier alpha value is -2.43. The zero-order chi connectivity index (χ0) is 15.4. The van der Waals surface area contributed by atoms with Crippen molar-refractivity contribution >= 4 is 23.7 Å². The van der Waals surface area contributed by atoms with Gasteiger partial charge < -0.3 is 9.64 Å². The Morgan fingerprint density at radius 2 is 1.90 bits per heavy atom. The third kappa shape index (κ3) is 3.56. The van der Waals surface area contributed by atoms with Crippen LogP contribution < -0.4 is 0 Å². The molecule has 1 aromatic carbocycles. The molecule has 0 aliphatic carbocycles. The molecule has 1 amide bonds. The molecular formula is C16H17NO4. The quantitative estimate of drug-likeness (QED) is 0.795. The maximum absolute atomic E-state index is 11.9. The lowest BCUT2D eigenvalue weighted by atomic mass is 9.94. The van der Waals surface area contributed by atoms with Crippen LogP contribution in [0.1, 0.15) is 37.4 Å². The fourth-order valence-electron chi connectivity index (χ4n) is 2.31. The highest BCUT2D eigenvalue weighted by Crippen LogP contribution is 2.32. The lowest BCUT2D eigenvalue weighted by Crippen LogP contribution is -2.32. The third-order valence-electron chi connectivity index (χ3n) is 3.27. The van der Waals surface area contributed by atoms with Gasteiger partial charge in [-0.3, -0.25) is 14.4 Å². The highest BCUT2D eigenvalue weighted by atomic mass is 16.5. The molecular weight excluding hydrogens is 270 g/mol. The molecule has 0 saturated heterocycles. The van der Waals surface area contributed by atoms with E-state index >= 15 is 0 Å². The zero-order valence-corrected chi connectivity index (χ0v) is 12.0. The van der Waals surface area contributed by atoms with E-state index < -0.39 is 12.0 Å². The Morgan fingerprint density at radius 1 is 1.19 bits per heavy atom. The number of hydrogen-bond acceptors (Lipinski definition) is 4. The van der Waals surface area contributed by atoms with Crippen LogP contribution in [0.2, 0.25) is 0 Å². The summed E-state index contributed by atoms with van der Waals surface area (Å²) < 4.78 is 4.90. The number of amides is 1. The minimum atomic E-state index is -0.494. The Bertz CT molecular complexity index is 606. The summed E-state index contributed by atoms with van der Waals surface area (Å²) in [5.74, 6) is -0.854. The van der Waals surface area contributed by atoms with Gasteiger partial charge in [0.25, 0.3) is 0 Å². The SMILES string of the molecule is CC(=O)COC(=O)CC1c2ccccc2C=CN1C(C)=O. The van der Waals surface area contributed by atoms with Crippen LogP contribution in [0.4, 0.5) is 0 Å². The van der Waals surface area contributed by atoms with Crippen LogP contribution in [0.15, 0.2) is 30.5 Å². The molecule has 21 heavy (non-hydrogen) atoms. The van der Waals surface area contributed by atoms with Gasteiger partial charge in [-0.25, -0.2) is 0 Å².